The highest BCUT2D eigenvalue weighted by atomic mass is 31.2. The van der Waals surface area contributed by atoms with Crippen molar-refractivity contribution in [2.45, 2.75) is 174 Å². The highest BCUT2D eigenvalue weighted by Gasteiger charge is 2.25. The maximum absolute atomic E-state index is 12.6. The number of allylic oxidation sites excluding steroid dienone is 12. The van der Waals surface area contributed by atoms with Gasteiger partial charge in [-0.25, -0.2) is 4.57 Å². The quantitative estimate of drug-likeness (QED) is 0.0179. The van der Waals surface area contributed by atoms with Crippen molar-refractivity contribution in [1.29, 1.82) is 0 Å². The van der Waals surface area contributed by atoms with E-state index in [4.69, 9.17) is 24.3 Å². The van der Waals surface area contributed by atoms with Gasteiger partial charge in [-0.15, -0.1) is 0 Å². The van der Waals surface area contributed by atoms with Gasteiger partial charge in [0.05, 0.1) is 19.3 Å². The molecule has 0 radical (unpaired) electrons. The fraction of sp³-hybridized carbons (Fsp3) is 0.660. The summed E-state index contributed by atoms with van der Waals surface area (Å²) in [5.41, 5.74) is 5.34. The van der Waals surface area contributed by atoms with E-state index < -0.39 is 38.6 Å². The number of rotatable bonds is 40. The van der Waals surface area contributed by atoms with Crippen molar-refractivity contribution in [1.82, 2.24) is 0 Å². The number of esters is 2. The number of nitrogens with two attached hydrogens (primary N) is 1. The van der Waals surface area contributed by atoms with Crippen LogP contribution in [-0.2, 0) is 32.7 Å². The summed E-state index contributed by atoms with van der Waals surface area (Å²) >= 11 is 0. The maximum Gasteiger partial charge on any atom is 0.472 e. The monoisotopic (exact) mass is 834 g/mol. The molecule has 11 heteroatoms. The second-order valence-corrected chi connectivity index (χ2v) is 15.8. The molecule has 0 saturated heterocycles. The van der Waals surface area contributed by atoms with E-state index in [1.807, 2.05) is 42.5 Å². The lowest BCUT2D eigenvalue weighted by Crippen LogP contribution is -2.29. The van der Waals surface area contributed by atoms with Gasteiger partial charge in [-0.2, -0.15) is 0 Å². The SMILES string of the molecule is CC/C=C\C/C=C\CC(O)/C=C/C=C\C/C=C\CCCC(=O)O[C@H](COC(=O)CCCCCCCCCCC/C=C\C/C=C\CCCCC)COP(=O)(O)OCCN. The third-order valence-corrected chi connectivity index (χ3v) is 9.83. The lowest BCUT2D eigenvalue weighted by atomic mass is 10.1. The van der Waals surface area contributed by atoms with Gasteiger partial charge in [-0.05, 0) is 77.0 Å². The van der Waals surface area contributed by atoms with Gasteiger partial charge in [0.15, 0.2) is 6.10 Å². The Kier molecular flexibility index (Phi) is 40.2. The minimum atomic E-state index is -4.41. The molecule has 0 spiro atoms. The Balaban J connectivity index is 4.30. The number of phosphoric acid groups is 1. The molecule has 0 fully saturated rings. The lowest BCUT2D eigenvalue weighted by molar-refractivity contribution is -0.161. The van der Waals surface area contributed by atoms with Gasteiger partial charge in [-0.3, -0.25) is 18.6 Å². The van der Waals surface area contributed by atoms with Crippen molar-refractivity contribution in [2.24, 2.45) is 5.73 Å². The van der Waals surface area contributed by atoms with Crippen LogP contribution < -0.4 is 5.73 Å². The summed E-state index contributed by atoms with van der Waals surface area (Å²) in [7, 11) is -4.41. The summed E-state index contributed by atoms with van der Waals surface area (Å²) in [5, 5.41) is 10.0. The first kappa shape index (κ1) is 55.2. The van der Waals surface area contributed by atoms with Crippen molar-refractivity contribution in [3.63, 3.8) is 0 Å². The smallest absolute Gasteiger partial charge is 0.462 e. The average Bonchev–Trinajstić information content (AvgIpc) is 3.21. The molecule has 0 aliphatic carbocycles. The van der Waals surface area contributed by atoms with Crippen LogP contribution in [0, 0.1) is 0 Å². The molecule has 10 nitrogen and oxygen atoms in total. The number of aliphatic hydroxyl groups excluding tert-OH is 1. The number of carbonyl (C=O) groups is 2. The molecule has 0 aliphatic heterocycles. The largest absolute Gasteiger partial charge is 0.472 e. The van der Waals surface area contributed by atoms with Crippen molar-refractivity contribution in [3.05, 3.63) is 85.1 Å². The number of aliphatic hydroxyl groups is 1. The van der Waals surface area contributed by atoms with Crippen LogP contribution in [0.5, 0.6) is 0 Å². The van der Waals surface area contributed by atoms with Crippen LogP contribution in [0.25, 0.3) is 0 Å². The molecule has 58 heavy (non-hydrogen) atoms. The first-order valence-corrected chi connectivity index (χ1v) is 23.7. The van der Waals surface area contributed by atoms with E-state index >= 15 is 0 Å². The molecule has 0 amide bonds. The molecule has 0 aromatic carbocycles. The highest BCUT2D eigenvalue weighted by molar-refractivity contribution is 7.47. The molecule has 0 heterocycles. The predicted octanol–water partition coefficient (Wildman–Crippen LogP) is 11.8. The highest BCUT2D eigenvalue weighted by Crippen LogP contribution is 2.43. The average molecular weight is 834 g/mol. The van der Waals surface area contributed by atoms with E-state index in [0.717, 1.165) is 44.9 Å². The molecule has 4 N–H and O–H groups in total. The van der Waals surface area contributed by atoms with Crippen molar-refractivity contribution < 1.29 is 42.7 Å². The molecule has 3 atom stereocenters. The van der Waals surface area contributed by atoms with Crippen molar-refractivity contribution in [3.8, 4) is 0 Å². The van der Waals surface area contributed by atoms with Gasteiger partial charge in [0, 0.05) is 19.4 Å². The van der Waals surface area contributed by atoms with E-state index in [-0.39, 0.29) is 32.6 Å². The van der Waals surface area contributed by atoms with Gasteiger partial charge in [0.1, 0.15) is 6.61 Å². The molecular formula is C47H80NO9P. The first-order valence-electron chi connectivity index (χ1n) is 22.2. The second kappa shape index (κ2) is 42.3. The van der Waals surface area contributed by atoms with Gasteiger partial charge in [0.25, 0.3) is 0 Å². The van der Waals surface area contributed by atoms with E-state index in [9.17, 15) is 24.2 Å². The molecule has 0 aromatic heterocycles. The van der Waals surface area contributed by atoms with E-state index in [1.165, 1.54) is 57.8 Å². The number of hydrogen-bond donors (Lipinski definition) is 3. The Morgan fingerprint density at radius 2 is 1.17 bits per heavy atom. The first-order chi connectivity index (χ1) is 28.2. The fourth-order valence-corrected chi connectivity index (χ4v) is 6.31. The summed E-state index contributed by atoms with van der Waals surface area (Å²) in [5.74, 6) is -0.948. The predicted molar refractivity (Wildman–Crippen MR) is 239 cm³/mol. The minimum absolute atomic E-state index is 0.0294. The van der Waals surface area contributed by atoms with Crippen LogP contribution in [0.4, 0.5) is 0 Å². The topological polar surface area (TPSA) is 155 Å². The van der Waals surface area contributed by atoms with Gasteiger partial charge < -0.3 is 25.2 Å². The van der Waals surface area contributed by atoms with Gasteiger partial charge in [0.2, 0.25) is 0 Å². The molecular weight excluding hydrogens is 753 g/mol. The van der Waals surface area contributed by atoms with Crippen LogP contribution in [-0.4, -0.2) is 60.5 Å². The summed E-state index contributed by atoms with van der Waals surface area (Å²) in [4.78, 5) is 34.9. The fourth-order valence-electron chi connectivity index (χ4n) is 5.55. The van der Waals surface area contributed by atoms with Gasteiger partial charge >= 0.3 is 19.8 Å². The summed E-state index contributed by atoms with van der Waals surface area (Å²) < 4.78 is 32.7. The standard InChI is InChI=1S/C47H80NO9P/c1-3-5-7-9-11-12-13-14-15-16-17-18-19-20-21-22-26-30-34-38-46(50)54-42-45(43-56-58(52,53)55-41-40-48)57-47(51)39-35-31-27-24-23-25-29-33-37-44(49)36-32-28-10-8-6-4-2/h6,8,11-12,14-15,24-25,27-29,32-33,37,44-45,49H,3-5,7,9-10,13,16-23,26,30-31,34-36,38-43,48H2,1-2H3,(H,52,53)/b8-6-,12-11-,15-14-,27-24-,29-25-,32-28-,37-33+/t44?,45-/m1/s1. The van der Waals surface area contributed by atoms with E-state index in [0.29, 0.717) is 32.1 Å². The van der Waals surface area contributed by atoms with Crippen LogP contribution in [0.1, 0.15) is 162 Å². The minimum Gasteiger partial charge on any atom is -0.462 e. The Morgan fingerprint density at radius 1 is 0.621 bits per heavy atom. The van der Waals surface area contributed by atoms with Crippen molar-refractivity contribution in [2.75, 3.05) is 26.4 Å². The third-order valence-electron chi connectivity index (χ3n) is 8.85. The van der Waals surface area contributed by atoms with Crippen molar-refractivity contribution >= 4 is 19.8 Å². The molecule has 0 saturated carbocycles. The molecule has 0 rings (SSSR count). The zero-order valence-electron chi connectivity index (χ0n) is 36.1. The summed E-state index contributed by atoms with van der Waals surface area (Å²) in [6.45, 7) is 3.41. The van der Waals surface area contributed by atoms with Crippen LogP contribution in [0.2, 0.25) is 0 Å². The van der Waals surface area contributed by atoms with E-state index in [2.05, 4.69) is 50.3 Å². The number of phosphoric ester groups is 1. The zero-order valence-corrected chi connectivity index (χ0v) is 37.0. The van der Waals surface area contributed by atoms with Gasteiger partial charge in [-0.1, -0.05) is 157 Å². The maximum atomic E-state index is 12.6. The second-order valence-electron chi connectivity index (χ2n) is 14.4. The molecule has 2 unspecified atom stereocenters. The normalized spacial score (nSPS) is 14.6. The molecule has 0 aliphatic rings. The number of hydrogen-bond acceptors (Lipinski definition) is 9. The van der Waals surface area contributed by atoms with E-state index in [1.54, 1.807) is 6.08 Å². The van der Waals surface area contributed by atoms with Crippen LogP contribution in [0.3, 0.4) is 0 Å². The Bertz CT molecular complexity index is 1240. The number of carbonyl (C=O) groups excluding carboxylic acids is 2. The summed E-state index contributed by atoms with van der Waals surface area (Å²) in [6.07, 6.45) is 49.3. The lowest BCUT2D eigenvalue weighted by Gasteiger charge is -2.19. The third kappa shape index (κ3) is 41.3. The Labute approximate surface area is 352 Å². The number of unbranched alkanes of at least 4 members (excludes halogenated alkanes) is 13. The van der Waals surface area contributed by atoms with Crippen LogP contribution >= 0.6 is 7.82 Å². The Hall–Kier alpha value is -2.85. The molecule has 0 bridgehead atoms. The number of ether oxygens (including phenoxy) is 2. The Morgan fingerprint density at radius 3 is 1.81 bits per heavy atom. The van der Waals surface area contributed by atoms with Crippen LogP contribution in [0.15, 0.2) is 85.1 Å². The zero-order chi connectivity index (χ0) is 42.6. The molecule has 0 aromatic rings. The summed E-state index contributed by atoms with van der Waals surface area (Å²) in [6, 6.07) is 0. The molecule has 332 valence electrons.